The Labute approximate surface area is 151 Å². The number of hydrogen-bond donors (Lipinski definition) is 1. The van der Waals surface area contributed by atoms with Crippen LogP contribution in [-0.4, -0.2) is 17.5 Å². The van der Waals surface area contributed by atoms with Crippen molar-refractivity contribution in [2.45, 2.75) is 19.9 Å². The number of aryl methyl sites for hydroxylation is 1. The van der Waals surface area contributed by atoms with Crippen molar-refractivity contribution < 1.29 is 9.53 Å². The number of rotatable bonds is 7. The van der Waals surface area contributed by atoms with Gasteiger partial charge in [0.05, 0.1) is 25.3 Å². The van der Waals surface area contributed by atoms with Gasteiger partial charge < -0.3 is 10.1 Å². The summed E-state index contributed by atoms with van der Waals surface area (Å²) in [4.78, 5) is 16.5. The van der Waals surface area contributed by atoms with Gasteiger partial charge in [-0.2, -0.15) is 0 Å². The summed E-state index contributed by atoms with van der Waals surface area (Å²) in [6.45, 7) is 2.87. The van der Waals surface area contributed by atoms with Crippen molar-refractivity contribution in [3.05, 3.63) is 71.2 Å². The van der Waals surface area contributed by atoms with Gasteiger partial charge in [0.2, 0.25) is 5.91 Å². The standard InChI is InChI=1S/C20H20N2O2S/c1-15-7-5-6-10-18(15)20-22-16(14-25-20)13-21-19(23)11-12-24-17-8-3-2-4-9-17/h2-10,14H,11-13H2,1H3,(H,21,23). The topological polar surface area (TPSA) is 51.2 Å². The Kier molecular flexibility index (Phi) is 5.80. The molecule has 0 aliphatic carbocycles. The molecule has 0 fully saturated rings. The third-order valence-electron chi connectivity index (χ3n) is 3.73. The smallest absolute Gasteiger partial charge is 0.223 e. The second kappa shape index (κ2) is 8.44. The lowest BCUT2D eigenvalue weighted by atomic mass is 10.1. The third kappa shape index (κ3) is 4.90. The van der Waals surface area contributed by atoms with Crippen LogP contribution in [0.3, 0.4) is 0 Å². The lowest BCUT2D eigenvalue weighted by molar-refractivity contribution is -0.121. The zero-order valence-corrected chi connectivity index (χ0v) is 14.9. The van der Waals surface area contributed by atoms with Gasteiger partial charge in [0, 0.05) is 10.9 Å². The van der Waals surface area contributed by atoms with E-state index in [1.807, 2.05) is 47.8 Å². The first-order valence-electron chi connectivity index (χ1n) is 8.17. The van der Waals surface area contributed by atoms with Gasteiger partial charge in [-0.25, -0.2) is 4.98 Å². The molecule has 1 aromatic heterocycles. The van der Waals surface area contributed by atoms with Gasteiger partial charge in [0.25, 0.3) is 0 Å². The maximum Gasteiger partial charge on any atom is 0.223 e. The summed E-state index contributed by atoms with van der Waals surface area (Å²) in [5.41, 5.74) is 3.22. The van der Waals surface area contributed by atoms with Crippen molar-refractivity contribution in [2.24, 2.45) is 0 Å². The Balaban J connectivity index is 1.46. The minimum atomic E-state index is -0.0404. The predicted molar refractivity (Wildman–Crippen MR) is 101 cm³/mol. The number of ether oxygens (including phenoxy) is 1. The van der Waals surface area contributed by atoms with E-state index in [4.69, 9.17) is 4.74 Å². The molecule has 0 saturated carbocycles. The Bertz CT molecular complexity index is 830. The molecule has 0 aliphatic rings. The first-order chi connectivity index (χ1) is 12.2. The van der Waals surface area contributed by atoms with Crippen molar-refractivity contribution in [1.29, 1.82) is 0 Å². The monoisotopic (exact) mass is 352 g/mol. The molecule has 5 heteroatoms. The maximum atomic E-state index is 11.9. The van der Waals surface area contributed by atoms with Crippen molar-refractivity contribution >= 4 is 17.2 Å². The molecule has 1 heterocycles. The van der Waals surface area contributed by atoms with Crippen molar-refractivity contribution in [3.63, 3.8) is 0 Å². The Morgan fingerprint density at radius 1 is 1.12 bits per heavy atom. The SMILES string of the molecule is Cc1ccccc1-c1nc(CNC(=O)CCOc2ccccc2)cs1. The van der Waals surface area contributed by atoms with Crippen LogP contribution in [0.15, 0.2) is 60.0 Å². The highest BCUT2D eigenvalue weighted by molar-refractivity contribution is 7.13. The molecule has 0 atom stereocenters. The van der Waals surface area contributed by atoms with E-state index in [2.05, 4.69) is 29.4 Å². The van der Waals surface area contributed by atoms with Crippen LogP contribution in [0.25, 0.3) is 10.6 Å². The van der Waals surface area contributed by atoms with Gasteiger partial charge >= 0.3 is 0 Å². The van der Waals surface area contributed by atoms with Crippen LogP contribution in [0.5, 0.6) is 5.75 Å². The van der Waals surface area contributed by atoms with Crippen LogP contribution in [0.1, 0.15) is 17.7 Å². The molecule has 2 aromatic carbocycles. The summed E-state index contributed by atoms with van der Waals surface area (Å²) in [5.74, 6) is 0.735. The number of para-hydroxylation sites is 1. The van der Waals surface area contributed by atoms with Crippen molar-refractivity contribution in [3.8, 4) is 16.3 Å². The minimum absolute atomic E-state index is 0.0404. The molecule has 1 N–H and O–H groups in total. The fourth-order valence-electron chi connectivity index (χ4n) is 2.38. The molecule has 0 bridgehead atoms. The van der Waals surface area contributed by atoms with E-state index in [0.717, 1.165) is 22.0 Å². The fraction of sp³-hybridized carbons (Fsp3) is 0.200. The summed E-state index contributed by atoms with van der Waals surface area (Å²) in [5, 5.41) is 5.86. The molecule has 0 radical (unpaired) electrons. The Hall–Kier alpha value is -2.66. The summed E-state index contributed by atoms with van der Waals surface area (Å²) in [7, 11) is 0. The summed E-state index contributed by atoms with van der Waals surface area (Å²) in [6.07, 6.45) is 0.323. The van der Waals surface area contributed by atoms with Gasteiger partial charge in [-0.1, -0.05) is 42.5 Å². The summed E-state index contributed by atoms with van der Waals surface area (Å²) in [6, 6.07) is 17.7. The van der Waals surface area contributed by atoms with Gasteiger partial charge in [0.15, 0.2) is 0 Å². The molecule has 0 unspecified atom stereocenters. The number of amides is 1. The van der Waals surface area contributed by atoms with Gasteiger partial charge in [-0.15, -0.1) is 11.3 Å². The van der Waals surface area contributed by atoms with Crippen LogP contribution in [-0.2, 0) is 11.3 Å². The molecule has 1 amide bonds. The van der Waals surface area contributed by atoms with E-state index in [1.165, 1.54) is 5.56 Å². The lowest BCUT2D eigenvalue weighted by Crippen LogP contribution is -2.24. The first-order valence-corrected chi connectivity index (χ1v) is 9.05. The molecule has 0 spiro atoms. The van der Waals surface area contributed by atoms with E-state index in [9.17, 15) is 4.79 Å². The number of thiazole rings is 1. The number of carbonyl (C=O) groups excluding carboxylic acids is 1. The van der Waals surface area contributed by atoms with E-state index < -0.39 is 0 Å². The number of aromatic nitrogens is 1. The highest BCUT2D eigenvalue weighted by Crippen LogP contribution is 2.26. The molecule has 25 heavy (non-hydrogen) atoms. The van der Waals surface area contributed by atoms with Crippen LogP contribution < -0.4 is 10.1 Å². The molecule has 128 valence electrons. The normalized spacial score (nSPS) is 10.4. The van der Waals surface area contributed by atoms with Crippen LogP contribution >= 0.6 is 11.3 Å². The number of hydrogen-bond acceptors (Lipinski definition) is 4. The summed E-state index contributed by atoms with van der Waals surface area (Å²) < 4.78 is 5.53. The fourth-order valence-corrected chi connectivity index (χ4v) is 3.29. The molecular formula is C20H20N2O2S. The van der Waals surface area contributed by atoms with Crippen molar-refractivity contribution in [2.75, 3.05) is 6.61 Å². The summed E-state index contributed by atoms with van der Waals surface area (Å²) >= 11 is 1.60. The molecule has 3 aromatic rings. The largest absolute Gasteiger partial charge is 0.493 e. The molecule has 4 nitrogen and oxygen atoms in total. The minimum Gasteiger partial charge on any atom is -0.493 e. The first kappa shape index (κ1) is 17.2. The maximum absolute atomic E-state index is 11.9. The zero-order valence-electron chi connectivity index (χ0n) is 14.1. The van der Waals surface area contributed by atoms with Gasteiger partial charge in [0.1, 0.15) is 10.8 Å². The molecule has 0 saturated heterocycles. The van der Waals surface area contributed by atoms with E-state index in [0.29, 0.717) is 19.6 Å². The highest BCUT2D eigenvalue weighted by Gasteiger charge is 2.08. The number of nitrogens with one attached hydrogen (secondary N) is 1. The van der Waals surface area contributed by atoms with Crippen LogP contribution in [0, 0.1) is 6.92 Å². The average molecular weight is 352 g/mol. The second-order valence-electron chi connectivity index (χ2n) is 5.65. The van der Waals surface area contributed by atoms with E-state index >= 15 is 0 Å². The lowest BCUT2D eigenvalue weighted by Gasteiger charge is -2.06. The van der Waals surface area contributed by atoms with Crippen LogP contribution in [0.4, 0.5) is 0 Å². The second-order valence-corrected chi connectivity index (χ2v) is 6.51. The number of carbonyl (C=O) groups is 1. The number of nitrogens with zero attached hydrogens (tertiary/aromatic N) is 1. The predicted octanol–water partition coefficient (Wildman–Crippen LogP) is 4.20. The Morgan fingerprint density at radius 3 is 2.68 bits per heavy atom. The van der Waals surface area contributed by atoms with Gasteiger partial charge in [-0.05, 0) is 24.6 Å². The molecule has 3 rings (SSSR count). The zero-order chi connectivity index (χ0) is 17.5. The van der Waals surface area contributed by atoms with E-state index in [-0.39, 0.29) is 5.91 Å². The Morgan fingerprint density at radius 2 is 1.88 bits per heavy atom. The van der Waals surface area contributed by atoms with Crippen LogP contribution in [0.2, 0.25) is 0 Å². The third-order valence-corrected chi connectivity index (χ3v) is 4.66. The molecule has 0 aliphatic heterocycles. The highest BCUT2D eigenvalue weighted by atomic mass is 32.1. The number of benzene rings is 2. The average Bonchev–Trinajstić information content (AvgIpc) is 3.10. The molecular weight excluding hydrogens is 332 g/mol. The van der Waals surface area contributed by atoms with Gasteiger partial charge in [-0.3, -0.25) is 4.79 Å². The quantitative estimate of drug-likeness (QED) is 0.693. The van der Waals surface area contributed by atoms with E-state index in [1.54, 1.807) is 11.3 Å². The van der Waals surface area contributed by atoms with Crippen molar-refractivity contribution in [1.82, 2.24) is 10.3 Å².